The maximum Gasteiger partial charge on any atom is 0.147 e. The summed E-state index contributed by atoms with van der Waals surface area (Å²) in [4.78, 5) is 6.79. The molecular formula is C15H24ClN3O. The zero-order valence-electron chi connectivity index (χ0n) is 12.5. The Bertz CT molecular complexity index is 431. The van der Waals surface area contributed by atoms with Crippen molar-refractivity contribution < 1.29 is 4.74 Å². The lowest BCUT2D eigenvalue weighted by Gasteiger charge is -2.32. The lowest BCUT2D eigenvalue weighted by Crippen LogP contribution is -2.37. The van der Waals surface area contributed by atoms with Gasteiger partial charge in [0, 0.05) is 39.0 Å². The van der Waals surface area contributed by atoms with Gasteiger partial charge >= 0.3 is 0 Å². The molecule has 1 N–H and O–H groups in total. The molecule has 20 heavy (non-hydrogen) atoms. The first-order chi connectivity index (χ1) is 9.60. The highest BCUT2D eigenvalue weighted by atomic mass is 35.5. The number of pyridine rings is 1. The summed E-state index contributed by atoms with van der Waals surface area (Å²) in [5, 5.41) is 4.11. The standard InChI is InChI=1S/C15H24ClN3O/c1-11(2)17-9-12-8-14(16)15(18-10-12)19-6-4-13(20-3)5-7-19/h8,10-11,13,17H,4-7,9H2,1-3H3. The molecule has 0 unspecified atom stereocenters. The van der Waals surface area contributed by atoms with Crippen molar-refractivity contribution >= 4 is 17.4 Å². The summed E-state index contributed by atoms with van der Waals surface area (Å²) in [6.45, 7) is 6.97. The van der Waals surface area contributed by atoms with Crippen molar-refractivity contribution in [2.45, 2.75) is 45.4 Å². The third-order valence-electron chi connectivity index (χ3n) is 3.67. The predicted molar refractivity (Wildman–Crippen MR) is 83.5 cm³/mol. The summed E-state index contributed by atoms with van der Waals surface area (Å²) >= 11 is 6.39. The van der Waals surface area contributed by atoms with Gasteiger partial charge in [-0.05, 0) is 24.5 Å². The summed E-state index contributed by atoms with van der Waals surface area (Å²) in [5.41, 5.74) is 1.12. The third-order valence-corrected chi connectivity index (χ3v) is 3.95. The highest BCUT2D eigenvalue weighted by Crippen LogP contribution is 2.27. The van der Waals surface area contributed by atoms with Crippen molar-refractivity contribution in [3.8, 4) is 0 Å². The summed E-state index contributed by atoms with van der Waals surface area (Å²) < 4.78 is 5.39. The molecule has 0 bridgehead atoms. The number of piperidine rings is 1. The molecule has 1 fully saturated rings. The van der Waals surface area contributed by atoms with E-state index in [9.17, 15) is 0 Å². The molecule has 1 saturated heterocycles. The fraction of sp³-hybridized carbons (Fsp3) is 0.667. The van der Waals surface area contributed by atoms with Crippen LogP contribution in [0.1, 0.15) is 32.3 Å². The van der Waals surface area contributed by atoms with Crippen LogP contribution in [0.5, 0.6) is 0 Å². The molecule has 0 radical (unpaired) electrons. The molecule has 4 nitrogen and oxygen atoms in total. The average molecular weight is 298 g/mol. The van der Waals surface area contributed by atoms with Crippen molar-refractivity contribution in [3.05, 3.63) is 22.8 Å². The Morgan fingerprint density at radius 2 is 2.15 bits per heavy atom. The maximum absolute atomic E-state index is 6.39. The molecule has 0 aliphatic carbocycles. The Balaban J connectivity index is 1.99. The minimum absolute atomic E-state index is 0.375. The monoisotopic (exact) mass is 297 g/mol. The van der Waals surface area contributed by atoms with E-state index in [4.69, 9.17) is 16.3 Å². The van der Waals surface area contributed by atoms with Gasteiger partial charge in [-0.3, -0.25) is 0 Å². The van der Waals surface area contributed by atoms with Crippen molar-refractivity contribution in [3.63, 3.8) is 0 Å². The first kappa shape index (κ1) is 15.5. The molecule has 0 amide bonds. The Kier molecular flexibility index (Phi) is 5.64. The molecule has 5 heteroatoms. The molecule has 1 aliphatic heterocycles. The first-order valence-electron chi connectivity index (χ1n) is 7.25. The number of nitrogens with zero attached hydrogens (tertiary/aromatic N) is 2. The normalized spacial score (nSPS) is 16.9. The van der Waals surface area contributed by atoms with Gasteiger partial charge in [0.2, 0.25) is 0 Å². The van der Waals surface area contributed by atoms with Gasteiger partial charge in [0.15, 0.2) is 0 Å². The summed E-state index contributed by atoms with van der Waals surface area (Å²) in [6, 6.07) is 2.48. The molecule has 1 aromatic heterocycles. The zero-order valence-corrected chi connectivity index (χ0v) is 13.3. The van der Waals surface area contributed by atoms with Crippen molar-refractivity contribution in [1.29, 1.82) is 0 Å². The van der Waals surface area contributed by atoms with Crippen molar-refractivity contribution in [1.82, 2.24) is 10.3 Å². The molecule has 2 heterocycles. The van der Waals surface area contributed by atoms with Crippen LogP contribution in [0.3, 0.4) is 0 Å². The second kappa shape index (κ2) is 7.25. The van der Waals surface area contributed by atoms with Crippen LogP contribution in [0, 0.1) is 0 Å². The number of halogens is 1. The highest BCUT2D eigenvalue weighted by Gasteiger charge is 2.21. The molecule has 0 saturated carbocycles. The largest absolute Gasteiger partial charge is 0.381 e. The average Bonchev–Trinajstić information content (AvgIpc) is 2.45. The molecule has 1 aromatic rings. The molecule has 0 spiro atoms. The van der Waals surface area contributed by atoms with Gasteiger partial charge in [0.25, 0.3) is 0 Å². The van der Waals surface area contributed by atoms with E-state index in [0.717, 1.165) is 48.9 Å². The van der Waals surface area contributed by atoms with Gasteiger partial charge in [0.05, 0.1) is 11.1 Å². The Morgan fingerprint density at radius 1 is 1.45 bits per heavy atom. The number of rotatable bonds is 5. The van der Waals surface area contributed by atoms with Crippen LogP contribution in [-0.2, 0) is 11.3 Å². The second-order valence-corrected chi connectivity index (χ2v) is 6.01. The number of hydrogen-bond donors (Lipinski definition) is 1. The van der Waals surface area contributed by atoms with Crippen LogP contribution in [0.15, 0.2) is 12.3 Å². The smallest absolute Gasteiger partial charge is 0.147 e. The lowest BCUT2D eigenvalue weighted by molar-refractivity contribution is 0.0818. The second-order valence-electron chi connectivity index (χ2n) is 5.61. The maximum atomic E-state index is 6.39. The van der Waals surface area contributed by atoms with E-state index in [1.54, 1.807) is 7.11 Å². The van der Waals surface area contributed by atoms with Gasteiger partial charge in [-0.1, -0.05) is 25.4 Å². The third kappa shape index (κ3) is 4.08. The number of nitrogens with one attached hydrogen (secondary N) is 1. The fourth-order valence-electron chi connectivity index (χ4n) is 2.42. The van der Waals surface area contributed by atoms with Gasteiger partial charge < -0.3 is 15.0 Å². The van der Waals surface area contributed by atoms with E-state index in [1.165, 1.54) is 0 Å². The van der Waals surface area contributed by atoms with E-state index in [0.29, 0.717) is 12.1 Å². The van der Waals surface area contributed by atoms with Crippen molar-refractivity contribution in [2.24, 2.45) is 0 Å². The Morgan fingerprint density at radius 3 is 2.70 bits per heavy atom. The minimum atomic E-state index is 0.375. The molecular weight excluding hydrogens is 274 g/mol. The number of hydrogen-bond acceptors (Lipinski definition) is 4. The van der Waals surface area contributed by atoms with E-state index < -0.39 is 0 Å². The molecule has 2 rings (SSSR count). The number of ether oxygens (including phenoxy) is 1. The van der Waals surface area contributed by atoms with Crippen LogP contribution < -0.4 is 10.2 Å². The molecule has 1 aliphatic rings. The van der Waals surface area contributed by atoms with E-state index in [-0.39, 0.29) is 0 Å². The van der Waals surface area contributed by atoms with Crippen molar-refractivity contribution in [2.75, 3.05) is 25.1 Å². The van der Waals surface area contributed by atoms with Gasteiger partial charge in [0.1, 0.15) is 5.82 Å². The van der Waals surface area contributed by atoms with Gasteiger partial charge in [-0.15, -0.1) is 0 Å². The predicted octanol–water partition coefficient (Wildman–Crippen LogP) is 2.85. The van der Waals surface area contributed by atoms with Crippen LogP contribution in [0.2, 0.25) is 5.02 Å². The summed E-state index contributed by atoms with van der Waals surface area (Å²) in [7, 11) is 1.78. The van der Waals surface area contributed by atoms with Crippen LogP contribution in [-0.4, -0.2) is 37.3 Å². The van der Waals surface area contributed by atoms with E-state index in [1.807, 2.05) is 12.3 Å². The number of aromatic nitrogens is 1. The van der Waals surface area contributed by atoms with E-state index >= 15 is 0 Å². The minimum Gasteiger partial charge on any atom is -0.381 e. The van der Waals surface area contributed by atoms with Gasteiger partial charge in [-0.2, -0.15) is 0 Å². The summed E-state index contributed by atoms with van der Waals surface area (Å²) in [5.74, 6) is 0.898. The first-order valence-corrected chi connectivity index (χ1v) is 7.63. The Labute approximate surface area is 126 Å². The van der Waals surface area contributed by atoms with Crippen LogP contribution in [0.4, 0.5) is 5.82 Å². The van der Waals surface area contributed by atoms with Gasteiger partial charge in [-0.25, -0.2) is 4.98 Å². The Hall–Kier alpha value is -0.840. The molecule has 0 atom stereocenters. The van der Waals surface area contributed by atoms with E-state index in [2.05, 4.69) is 29.0 Å². The zero-order chi connectivity index (χ0) is 14.5. The molecule has 112 valence electrons. The SMILES string of the molecule is COC1CCN(c2ncc(CNC(C)C)cc2Cl)CC1. The topological polar surface area (TPSA) is 37.4 Å². The summed E-state index contributed by atoms with van der Waals surface area (Å²) in [6.07, 6.45) is 4.36. The molecule has 0 aromatic carbocycles. The van der Waals surface area contributed by atoms with Crippen LogP contribution >= 0.6 is 11.6 Å². The van der Waals surface area contributed by atoms with Crippen LogP contribution in [0.25, 0.3) is 0 Å². The quantitative estimate of drug-likeness (QED) is 0.907. The number of anilines is 1. The lowest BCUT2D eigenvalue weighted by atomic mass is 10.1. The number of methoxy groups -OCH3 is 1. The highest BCUT2D eigenvalue weighted by molar-refractivity contribution is 6.33. The fourth-order valence-corrected chi connectivity index (χ4v) is 2.73.